The van der Waals surface area contributed by atoms with Crippen LogP contribution in [0.4, 0.5) is 5.69 Å². The summed E-state index contributed by atoms with van der Waals surface area (Å²) in [6.45, 7) is 7.56. The van der Waals surface area contributed by atoms with E-state index in [0.717, 1.165) is 18.8 Å². The molecule has 0 bridgehead atoms. The van der Waals surface area contributed by atoms with Gasteiger partial charge in [0.05, 0.1) is 10.7 Å². The molecular formula is C17H25Cl2N3S. The van der Waals surface area contributed by atoms with Crippen LogP contribution in [0.15, 0.2) is 24.3 Å². The lowest BCUT2D eigenvalue weighted by Crippen LogP contribution is -2.33. The number of thiazole rings is 1. The zero-order chi connectivity index (χ0) is 14.8. The van der Waals surface area contributed by atoms with Gasteiger partial charge in [-0.05, 0) is 50.9 Å². The van der Waals surface area contributed by atoms with Gasteiger partial charge in [0.1, 0.15) is 0 Å². The quantitative estimate of drug-likeness (QED) is 0.801. The van der Waals surface area contributed by atoms with Crippen molar-refractivity contribution in [1.29, 1.82) is 0 Å². The fraction of sp³-hybridized carbons (Fsp3) is 0.471. The minimum absolute atomic E-state index is 0. The van der Waals surface area contributed by atoms with Crippen LogP contribution in [0.1, 0.15) is 39.9 Å². The predicted octanol–water partition coefficient (Wildman–Crippen LogP) is 4.57. The predicted molar refractivity (Wildman–Crippen MR) is 104 cm³/mol. The molecule has 1 aromatic carbocycles. The number of nitrogen functional groups attached to an aromatic ring is 1. The van der Waals surface area contributed by atoms with Gasteiger partial charge < -0.3 is 5.73 Å². The molecule has 0 saturated carbocycles. The second kappa shape index (κ2) is 8.88. The number of rotatable bonds is 3. The Hall–Kier alpha value is -0.810. The van der Waals surface area contributed by atoms with Gasteiger partial charge in [-0.1, -0.05) is 12.1 Å². The number of likely N-dealkylation sites (tertiary alicyclic amines) is 1. The normalized spacial score (nSPS) is 18.1. The van der Waals surface area contributed by atoms with Crippen molar-refractivity contribution in [2.45, 2.75) is 39.2 Å². The van der Waals surface area contributed by atoms with Crippen molar-refractivity contribution in [2.75, 3.05) is 18.8 Å². The SMILES string of the molecule is Cc1nc(C2CCCN(Cc3cccc(N)c3)C2)sc1C.Cl.Cl. The third-order valence-corrected chi connectivity index (χ3v) is 5.49. The van der Waals surface area contributed by atoms with E-state index in [-0.39, 0.29) is 24.8 Å². The summed E-state index contributed by atoms with van der Waals surface area (Å²) in [4.78, 5) is 8.66. The molecule has 2 aromatic rings. The van der Waals surface area contributed by atoms with E-state index < -0.39 is 0 Å². The summed E-state index contributed by atoms with van der Waals surface area (Å²) in [5, 5.41) is 1.32. The standard InChI is InChI=1S/C17H23N3S.2ClH/c1-12-13(2)21-17(19-12)15-6-4-8-20(11-15)10-14-5-3-7-16(18)9-14;;/h3,5,7,9,15H,4,6,8,10-11,18H2,1-2H3;2*1H. The maximum Gasteiger partial charge on any atom is 0.0974 e. The van der Waals surface area contributed by atoms with Gasteiger partial charge in [0.2, 0.25) is 0 Å². The smallest absolute Gasteiger partial charge is 0.0974 e. The van der Waals surface area contributed by atoms with Gasteiger partial charge in [0.25, 0.3) is 0 Å². The second-order valence-electron chi connectivity index (χ2n) is 6.01. The van der Waals surface area contributed by atoms with E-state index in [0.29, 0.717) is 5.92 Å². The van der Waals surface area contributed by atoms with E-state index in [4.69, 9.17) is 10.7 Å². The van der Waals surface area contributed by atoms with Gasteiger partial charge in [0.15, 0.2) is 0 Å². The number of nitrogens with two attached hydrogens (primary N) is 1. The Labute approximate surface area is 155 Å². The third kappa shape index (κ3) is 5.08. The molecule has 1 atom stereocenters. The van der Waals surface area contributed by atoms with Crippen molar-refractivity contribution >= 4 is 41.8 Å². The summed E-state index contributed by atoms with van der Waals surface area (Å²) in [5.41, 5.74) is 9.23. The van der Waals surface area contributed by atoms with Crippen LogP contribution < -0.4 is 5.73 Å². The van der Waals surface area contributed by atoms with Crippen LogP contribution in [-0.4, -0.2) is 23.0 Å². The Balaban J connectivity index is 0.00000132. The lowest BCUT2D eigenvalue weighted by molar-refractivity contribution is 0.200. The monoisotopic (exact) mass is 373 g/mol. The summed E-state index contributed by atoms with van der Waals surface area (Å²) in [5.74, 6) is 0.595. The Morgan fingerprint density at radius 3 is 2.74 bits per heavy atom. The topological polar surface area (TPSA) is 42.2 Å². The van der Waals surface area contributed by atoms with Crippen molar-refractivity contribution in [2.24, 2.45) is 0 Å². The van der Waals surface area contributed by atoms with Crippen LogP contribution in [-0.2, 0) is 6.54 Å². The van der Waals surface area contributed by atoms with E-state index in [9.17, 15) is 0 Å². The van der Waals surface area contributed by atoms with Crippen LogP contribution >= 0.6 is 36.2 Å². The number of benzene rings is 1. The second-order valence-corrected chi connectivity index (χ2v) is 7.25. The highest BCUT2D eigenvalue weighted by Gasteiger charge is 2.24. The van der Waals surface area contributed by atoms with Gasteiger partial charge in [0, 0.05) is 29.6 Å². The van der Waals surface area contributed by atoms with E-state index in [1.807, 2.05) is 23.5 Å². The summed E-state index contributed by atoms with van der Waals surface area (Å²) in [6, 6.07) is 8.24. The highest BCUT2D eigenvalue weighted by Crippen LogP contribution is 2.31. The molecule has 128 valence electrons. The molecule has 2 heterocycles. The Morgan fingerprint density at radius 2 is 2.09 bits per heavy atom. The van der Waals surface area contributed by atoms with E-state index in [1.165, 1.54) is 40.5 Å². The molecule has 1 fully saturated rings. The molecule has 2 N–H and O–H groups in total. The van der Waals surface area contributed by atoms with Gasteiger partial charge in [-0.3, -0.25) is 4.90 Å². The van der Waals surface area contributed by atoms with E-state index in [1.54, 1.807) is 0 Å². The molecule has 0 radical (unpaired) electrons. The van der Waals surface area contributed by atoms with Crippen molar-refractivity contribution in [1.82, 2.24) is 9.88 Å². The number of hydrogen-bond acceptors (Lipinski definition) is 4. The molecule has 1 unspecified atom stereocenters. The van der Waals surface area contributed by atoms with E-state index in [2.05, 4.69) is 30.9 Å². The van der Waals surface area contributed by atoms with Crippen LogP contribution in [0.2, 0.25) is 0 Å². The van der Waals surface area contributed by atoms with E-state index >= 15 is 0 Å². The highest BCUT2D eigenvalue weighted by atomic mass is 35.5. The average Bonchev–Trinajstić information content (AvgIpc) is 2.79. The van der Waals surface area contributed by atoms with Crippen LogP contribution in [0.25, 0.3) is 0 Å². The molecule has 6 heteroatoms. The zero-order valence-electron chi connectivity index (χ0n) is 13.6. The van der Waals surface area contributed by atoms with Crippen molar-refractivity contribution in [3.63, 3.8) is 0 Å². The van der Waals surface area contributed by atoms with Gasteiger partial charge in [-0.2, -0.15) is 0 Å². The average molecular weight is 374 g/mol. The zero-order valence-corrected chi connectivity index (χ0v) is 16.1. The van der Waals surface area contributed by atoms with Crippen LogP contribution in [0, 0.1) is 13.8 Å². The lowest BCUT2D eigenvalue weighted by atomic mass is 9.98. The van der Waals surface area contributed by atoms with Crippen molar-refractivity contribution < 1.29 is 0 Å². The van der Waals surface area contributed by atoms with Gasteiger partial charge in [-0.15, -0.1) is 36.2 Å². The number of nitrogens with zero attached hydrogens (tertiary/aromatic N) is 2. The van der Waals surface area contributed by atoms with Gasteiger partial charge in [-0.25, -0.2) is 4.98 Å². The van der Waals surface area contributed by atoms with Crippen molar-refractivity contribution in [3.05, 3.63) is 45.4 Å². The molecule has 1 aliphatic heterocycles. The lowest BCUT2D eigenvalue weighted by Gasteiger charge is -2.31. The first-order valence-corrected chi connectivity index (χ1v) is 8.44. The first-order chi connectivity index (χ1) is 10.1. The number of piperidine rings is 1. The molecule has 1 aromatic heterocycles. The molecule has 1 aliphatic rings. The third-order valence-electron chi connectivity index (χ3n) is 4.26. The molecule has 3 rings (SSSR count). The van der Waals surface area contributed by atoms with Gasteiger partial charge >= 0.3 is 0 Å². The van der Waals surface area contributed by atoms with Crippen LogP contribution in [0.3, 0.4) is 0 Å². The molecule has 23 heavy (non-hydrogen) atoms. The first kappa shape index (κ1) is 20.2. The fourth-order valence-electron chi connectivity index (χ4n) is 3.02. The van der Waals surface area contributed by atoms with Crippen molar-refractivity contribution in [3.8, 4) is 0 Å². The minimum atomic E-state index is 0. The first-order valence-electron chi connectivity index (χ1n) is 7.62. The Morgan fingerprint density at radius 1 is 1.30 bits per heavy atom. The number of hydrogen-bond donors (Lipinski definition) is 1. The number of halogens is 2. The molecule has 1 saturated heterocycles. The van der Waals surface area contributed by atoms with Crippen LogP contribution in [0.5, 0.6) is 0 Å². The largest absolute Gasteiger partial charge is 0.399 e. The Bertz CT molecular complexity index is 611. The Kier molecular flexibility index (Phi) is 7.81. The number of aromatic nitrogens is 1. The number of anilines is 1. The summed E-state index contributed by atoms with van der Waals surface area (Å²) in [6.07, 6.45) is 2.52. The molecule has 3 nitrogen and oxygen atoms in total. The molecule has 0 amide bonds. The summed E-state index contributed by atoms with van der Waals surface area (Å²) in [7, 11) is 0. The maximum absolute atomic E-state index is 5.87. The molecule has 0 aliphatic carbocycles. The fourth-order valence-corrected chi connectivity index (χ4v) is 4.07. The summed E-state index contributed by atoms with van der Waals surface area (Å²) < 4.78 is 0. The number of aryl methyl sites for hydroxylation is 2. The highest BCUT2D eigenvalue weighted by molar-refractivity contribution is 7.11. The minimum Gasteiger partial charge on any atom is -0.399 e. The summed E-state index contributed by atoms with van der Waals surface area (Å²) >= 11 is 1.87. The molecule has 0 spiro atoms. The maximum atomic E-state index is 5.87. The molecular weight excluding hydrogens is 349 g/mol.